The molecule has 2 rings (SSSR count). The monoisotopic (exact) mass is 184 g/mol. The minimum atomic E-state index is -2.07. The third kappa shape index (κ3) is 2.21. The molecular formula is C9H15F2Na. The first-order valence-electron chi connectivity index (χ1n) is 4.54. The number of rotatable bonds is 2. The summed E-state index contributed by atoms with van der Waals surface area (Å²) in [6, 6.07) is 0. The predicted molar refractivity (Wildman–Crippen MR) is 46.7 cm³/mol. The fraction of sp³-hybridized carbons (Fsp3) is 1.00. The van der Waals surface area contributed by atoms with Crippen LogP contribution in [0.15, 0.2) is 0 Å². The molecule has 2 aliphatic carbocycles. The van der Waals surface area contributed by atoms with Crippen LogP contribution in [0, 0.1) is 17.8 Å². The van der Waals surface area contributed by atoms with Gasteiger partial charge in [0.15, 0.2) is 0 Å². The summed E-state index contributed by atoms with van der Waals surface area (Å²) < 4.78 is 24.0. The van der Waals surface area contributed by atoms with Gasteiger partial charge in [-0.05, 0) is 37.0 Å². The molecule has 12 heavy (non-hydrogen) atoms. The second-order valence-corrected chi connectivity index (χ2v) is 4.06. The van der Waals surface area contributed by atoms with Gasteiger partial charge in [0.1, 0.15) is 0 Å². The average molecular weight is 184 g/mol. The molecule has 2 bridgehead atoms. The van der Waals surface area contributed by atoms with Gasteiger partial charge in [0, 0.05) is 6.42 Å². The Morgan fingerprint density at radius 2 is 1.92 bits per heavy atom. The Balaban J connectivity index is 0.000000720. The van der Waals surface area contributed by atoms with Crippen LogP contribution in [0.1, 0.15) is 32.1 Å². The van der Waals surface area contributed by atoms with E-state index in [1.165, 1.54) is 19.3 Å². The molecule has 0 aromatic rings. The first kappa shape index (κ1) is 10.9. The van der Waals surface area contributed by atoms with E-state index in [0.717, 1.165) is 12.3 Å². The molecular weight excluding hydrogens is 169 g/mol. The maximum absolute atomic E-state index is 12.0. The van der Waals surface area contributed by atoms with Gasteiger partial charge < -0.3 is 0 Å². The molecule has 0 nitrogen and oxygen atoms in total. The molecule has 3 unspecified atom stereocenters. The van der Waals surface area contributed by atoms with Crippen molar-refractivity contribution < 1.29 is 8.78 Å². The zero-order chi connectivity index (χ0) is 7.84. The van der Waals surface area contributed by atoms with E-state index in [-0.39, 0.29) is 36.0 Å². The van der Waals surface area contributed by atoms with E-state index in [4.69, 9.17) is 0 Å². The Hall–Kier alpha value is 0.860. The van der Waals surface area contributed by atoms with Crippen molar-refractivity contribution in [1.29, 1.82) is 0 Å². The summed E-state index contributed by atoms with van der Waals surface area (Å²) in [5.74, 6) is 1.84. The normalized spacial score (nSPS) is 38.8. The Morgan fingerprint density at radius 1 is 1.17 bits per heavy atom. The number of alkyl halides is 2. The van der Waals surface area contributed by atoms with E-state index in [0.29, 0.717) is 11.8 Å². The first-order chi connectivity index (χ1) is 5.25. The van der Waals surface area contributed by atoms with Gasteiger partial charge in [-0.1, -0.05) is 6.42 Å². The molecule has 0 aromatic carbocycles. The molecule has 2 saturated carbocycles. The average Bonchev–Trinajstić information content (AvgIpc) is 2.45. The quantitative estimate of drug-likeness (QED) is 0.578. The van der Waals surface area contributed by atoms with Crippen LogP contribution in [-0.4, -0.2) is 36.0 Å². The molecule has 2 fully saturated rings. The van der Waals surface area contributed by atoms with E-state index in [9.17, 15) is 8.78 Å². The number of hydrogen-bond acceptors (Lipinski definition) is 0. The molecule has 0 amide bonds. The summed E-state index contributed by atoms with van der Waals surface area (Å²) in [6.07, 6.45) is 2.97. The predicted octanol–water partition coefficient (Wildman–Crippen LogP) is 2.43. The van der Waals surface area contributed by atoms with Crippen LogP contribution in [0.5, 0.6) is 0 Å². The number of hydrogen-bond donors (Lipinski definition) is 0. The van der Waals surface area contributed by atoms with Crippen molar-refractivity contribution >= 4 is 29.6 Å². The van der Waals surface area contributed by atoms with Crippen molar-refractivity contribution in [2.75, 3.05) is 0 Å². The summed E-state index contributed by atoms with van der Waals surface area (Å²) in [6.45, 7) is 0. The standard InChI is InChI=1S/C9H14F2.Na.H/c10-9(11)5-8-4-6-1-2-7(8)3-6;;/h6-9H,1-5H2;;. The van der Waals surface area contributed by atoms with Crippen molar-refractivity contribution in [1.82, 2.24) is 0 Å². The van der Waals surface area contributed by atoms with Crippen LogP contribution in [-0.2, 0) is 0 Å². The van der Waals surface area contributed by atoms with Crippen LogP contribution in [0.4, 0.5) is 8.78 Å². The molecule has 0 heterocycles. The van der Waals surface area contributed by atoms with E-state index >= 15 is 0 Å². The molecule has 0 aliphatic heterocycles. The maximum atomic E-state index is 12.0. The third-order valence-corrected chi connectivity index (χ3v) is 3.37. The van der Waals surface area contributed by atoms with Crippen molar-refractivity contribution in [3.8, 4) is 0 Å². The van der Waals surface area contributed by atoms with Gasteiger partial charge in [0.2, 0.25) is 6.43 Å². The molecule has 2 aliphatic rings. The SMILES string of the molecule is FC(F)CC1CC2CCC1C2.[NaH]. The van der Waals surface area contributed by atoms with E-state index in [1.54, 1.807) is 0 Å². The second-order valence-electron chi connectivity index (χ2n) is 4.06. The van der Waals surface area contributed by atoms with Gasteiger partial charge in [-0.25, -0.2) is 8.78 Å². The molecule has 0 aromatic heterocycles. The van der Waals surface area contributed by atoms with Gasteiger partial charge in [0.25, 0.3) is 0 Å². The van der Waals surface area contributed by atoms with Crippen LogP contribution < -0.4 is 0 Å². The molecule has 3 atom stereocenters. The van der Waals surface area contributed by atoms with Crippen molar-refractivity contribution in [2.45, 2.75) is 38.5 Å². The van der Waals surface area contributed by atoms with E-state index in [1.807, 2.05) is 0 Å². The Morgan fingerprint density at radius 3 is 2.33 bits per heavy atom. The summed E-state index contributed by atoms with van der Waals surface area (Å²) in [7, 11) is 0. The molecule has 66 valence electrons. The molecule has 0 spiro atoms. The first-order valence-corrected chi connectivity index (χ1v) is 4.54. The third-order valence-electron chi connectivity index (χ3n) is 3.37. The van der Waals surface area contributed by atoms with Gasteiger partial charge in [0.05, 0.1) is 0 Å². The van der Waals surface area contributed by atoms with E-state index < -0.39 is 6.43 Å². The van der Waals surface area contributed by atoms with Gasteiger partial charge in [-0.3, -0.25) is 0 Å². The van der Waals surface area contributed by atoms with Crippen LogP contribution in [0.3, 0.4) is 0 Å². The zero-order valence-corrected chi connectivity index (χ0v) is 6.60. The fourth-order valence-corrected chi connectivity index (χ4v) is 2.89. The Bertz CT molecular complexity index is 149. The van der Waals surface area contributed by atoms with E-state index in [2.05, 4.69) is 0 Å². The van der Waals surface area contributed by atoms with Crippen LogP contribution >= 0.6 is 0 Å². The molecule has 0 radical (unpaired) electrons. The summed E-state index contributed by atoms with van der Waals surface area (Å²) in [5, 5.41) is 0. The zero-order valence-electron chi connectivity index (χ0n) is 6.60. The summed E-state index contributed by atoms with van der Waals surface area (Å²) in [5.41, 5.74) is 0. The topological polar surface area (TPSA) is 0 Å². The minimum absolute atomic E-state index is 0. The summed E-state index contributed by atoms with van der Waals surface area (Å²) >= 11 is 0. The Kier molecular flexibility index (Phi) is 4.00. The van der Waals surface area contributed by atoms with Gasteiger partial charge >= 0.3 is 29.6 Å². The summed E-state index contributed by atoms with van der Waals surface area (Å²) in [4.78, 5) is 0. The fourth-order valence-electron chi connectivity index (χ4n) is 2.89. The van der Waals surface area contributed by atoms with Crippen molar-refractivity contribution in [3.05, 3.63) is 0 Å². The van der Waals surface area contributed by atoms with Crippen molar-refractivity contribution in [2.24, 2.45) is 17.8 Å². The molecule has 0 saturated heterocycles. The van der Waals surface area contributed by atoms with Crippen LogP contribution in [0.2, 0.25) is 0 Å². The van der Waals surface area contributed by atoms with Gasteiger partial charge in [-0.15, -0.1) is 0 Å². The second kappa shape index (κ2) is 4.39. The van der Waals surface area contributed by atoms with Gasteiger partial charge in [-0.2, -0.15) is 0 Å². The Labute approximate surface area is 94.4 Å². The number of fused-ring (bicyclic) bond motifs is 2. The van der Waals surface area contributed by atoms with Crippen LogP contribution in [0.25, 0.3) is 0 Å². The van der Waals surface area contributed by atoms with Crippen molar-refractivity contribution in [3.63, 3.8) is 0 Å². The molecule has 3 heteroatoms. The number of halogens is 2. The molecule has 0 N–H and O–H groups in total.